The predicted molar refractivity (Wildman–Crippen MR) is 98.2 cm³/mol. The third-order valence-corrected chi connectivity index (χ3v) is 6.06. The maximum atomic E-state index is 12.0. The zero-order valence-electron chi connectivity index (χ0n) is 14.7. The molecule has 1 amide bonds. The fourth-order valence-corrected chi connectivity index (χ4v) is 4.60. The minimum Gasteiger partial charge on any atom is -0.356 e. The Balaban J connectivity index is 1.58. The van der Waals surface area contributed by atoms with E-state index in [-0.39, 0.29) is 11.8 Å². The van der Waals surface area contributed by atoms with Crippen molar-refractivity contribution in [2.75, 3.05) is 6.54 Å². The van der Waals surface area contributed by atoms with Crippen LogP contribution in [0.15, 0.2) is 24.4 Å². The molecule has 2 aliphatic rings. The topological polar surface area (TPSA) is 34.0 Å². The lowest BCUT2D eigenvalue weighted by Crippen LogP contribution is -2.17. The normalized spacial score (nSPS) is 22.2. The Labute approximate surface area is 144 Å². The highest BCUT2D eigenvalue weighted by Gasteiger charge is 2.26. The molecule has 1 atom stereocenters. The molecule has 128 valence electrons. The first-order chi connectivity index (χ1) is 11.7. The van der Waals surface area contributed by atoms with Gasteiger partial charge in [-0.3, -0.25) is 4.79 Å². The minimum absolute atomic E-state index is 0.0383. The standard InChI is InChI=1S/C21H28N2O/c1-15-14-23(12-10-16-5-3-2-4-6-16)20-13-17(7-8-18(15)20)19-9-11-22-21(19)24/h7-8,13-14,16,19H,2-6,9-12H2,1H3,(H,22,24). The Bertz CT molecular complexity index is 740. The SMILES string of the molecule is Cc1cn(CCC2CCCCC2)c2cc(C3CCNC3=O)ccc12. The number of carbonyl (C=O) groups excluding carboxylic acids is 1. The molecular weight excluding hydrogens is 296 g/mol. The summed E-state index contributed by atoms with van der Waals surface area (Å²) in [4.78, 5) is 12.0. The van der Waals surface area contributed by atoms with Gasteiger partial charge in [-0.05, 0) is 42.9 Å². The van der Waals surface area contributed by atoms with E-state index in [2.05, 4.69) is 41.2 Å². The fraction of sp³-hybridized carbons (Fsp3) is 0.571. The van der Waals surface area contributed by atoms with Crippen LogP contribution in [-0.4, -0.2) is 17.0 Å². The van der Waals surface area contributed by atoms with E-state index in [9.17, 15) is 4.79 Å². The Hall–Kier alpha value is -1.77. The molecule has 1 unspecified atom stereocenters. The van der Waals surface area contributed by atoms with Crippen LogP contribution in [0.4, 0.5) is 0 Å². The molecule has 1 aromatic heterocycles. The number of carbonyl (C=O) groups is 1. The van der Waals surface area contributed by atoms with Gasteiger partial charge in [-0.15, -0.1) is 0 Å². The molecule has 1 saturated carbocycles. The van der Waals surface area contributed by atoms with Crippen molar-refractivity contribution in [3.05, 3.63) is 35.5 Å². The van der Waals surface area contributed by atoms with Crippen LogP contribution >= 0.6 is 0 Å². The van der Waals surface area contributed by atoms with Gasteiger partial charge in [0.25, 0.3) is 0 Å². The zero-order chi connectivity index (χ0) is 16.5. The average Bonchev–Trinajstić information content (AvgIpc) is 3.17. The molecule has 0 radical (unpaired) electrons. The van der Waals surface area contributed by atoms with Crippen LogP contribution < -0.4 is 5.32 Å². The Morgan fingerprint density at radius 1 is 1.17 bits per heavy atom. The number of rotatable bonds is 4. The molecule has 1 aliphatic heterocycles. The number of amides is 1. The van der Waals surface area contributed by atoms with Gasteiger partial charge in [-0.25, -0.2) is 0 Å². The molecule has 1 aliphatic carbocycles. The molecular formula is C21H28N2O. The van der Waals surface area contributed by atoms with Crippen molar-refractivity contribution in [3.8, 4) is 0 Å². The summed E-state index contributed by atoms with van der Waals surface area (Å²) in [5.74, 6) is 1.13. The predicted octanol–water partition coefficient (Wildman–Crippen LogP) is 4.52. The fourth-order valence-electron chi connectivity index (χ4n) is 4.60. The number of aryl methyl sites for hydroxylation is 2. The number of nitrogens with zero attached hydrogens (tertiary/aromatic N) is 1. The number of nitrogens with one attached hydrogen (secondary N) is 1. The van der Waals surface area contributed by atoms with Gasteiger partial charge in [0.1, 0.15) is 0 Å². The maximum Gasteiger partial charge on any atom is 0.227 e. The largest absolute Gasteiger partial charge is 0.356 e. The van der Waals surface area contributed by atoms with Crippen LogP contribution in [0.5, 0.6) is 0 Å². The summed E-state index contributed by atoms with van der Waals surface area (Å²) in [6.45, 7) is 4.11. The molecule has 2 fully saturated rings. The molecule has 1 N–H and O–H groups in total. The van der Waals surface area contributed by atoms with E-state index in [0.29, 0.717) is 0 Å². The first-order valence-electron chi connectivity index (χ1n) is 9.59. The zero-order valence-corrected chi connectivity index (χ0v) is 14.7. The van der Waals surface area contributed by atoms with E-state index in [1.54, 1.807) is 0 Å². The summed E-state index contributed by atoms with van der Waals surface area (Å²) in [7, 11) is 0. The van der Waals surface area contributed by atoms with Crippen molar-refractivity contribution in [2.24, 2.45) is 5.92 Å². The molecule has 1 saturated heterocycles. The number of hydrogen-bond donors (Lipinski definition) is 1. The number of fused-ring (bicyclic) bond motifs is 1. The van der Waals surface area contributed by atoms with Gasteiger partial charge in [0.2, 0.25) is 5.91 Å². The first-order valence-corrected chi connectivity index (χ1v) is 9.59. The third-order valence-electron chi connectivity index (χ3n) is 6.06. The van der Waals surface area contributed by atoms with Crippen LogP contribution in [0.3, 0.4) is 0 Å². The van der Waals surface area contributed by atoms with E-state index in [1.807, 2.05) is 0 Å². The highest BCUT2D eigenvalue weighted by atomic mass is 16.2. The quantitative estimate of drug-likeness (QED) is 0.881. The highest BCUT2D eigenvalue weighted by molar-refractivity contribution is 5.89. The molecule has 4 rings (SSSR count). The van der Waals surface area contributed by atoms with Crippen molar-refractivity contribution in [1.29, 1.82) is 0 Å². The van der Waals surface area contributed by atoms with Crippen LogP contribution in [-0.2, 0) is 11.3 Å². The van der Waals surface area contributed by atoms with Crippen molar-refractivity contribution >= 4 is 16.8 Å². The Morgan fingerprint density at radius 2 is 2.00 bits per heavy atom. The first kappa shape index (κ1) is 15.7. The minimum atomic E-state index is 0.0383. The molecule has 0 bridgehead atoms. The molecule has 2 heterocycles. The van der Waals surface area contributed by atoms with Gasteiger partial charge < -0.3 is 9.88 Å². The summed E-state index contributed by atoms with van der Waals surface area (Å²) < 4.78 is 2.43. The summed E-state index contributed by atoms with van der Waals surface area (Å²) in [5, 5.41) is 4.29. The maximum absolute atomic E-state index is 12.0. The van der Waals surface area contributed by atoms with Crippen LogP contribution in [0.1, 0.15) is 62.0 Å². The summed E-state index contributed by atoms with van der Waals surface area (Å²) in [6, 6.07) is 6.62. The van der Waals surface area contributed by atoms with Gasteiger partial charge in [0.05, 0.1) is 5.92 Å². The third kappa shape index (κ3) is 2.97. The van der Waals surface area contributed by atoms with Gasteiger partial charge in [0, 0.05) is 30.2 Å². The second-order valence-electron chi connectivity index (χ2n) is 7.71. The Kier molecular flexibility index (Phi) is 4.34. The number of benzene rings is 1. The second kappa shape index (κ2) is 6.62. The van der Waals surface area contributed by atoms with E-state index < -0.39 is 0 Å². The molecule has 2 aromatic rings. The summed E-state index contributed by atoms with van der Waals surface area (Å²) in [5.41, 5.74) is 3.83. The van der Waals surface area contributed by atoms with Crippen molar-refractivity contribution in [3.63, 3.8) is 0 Å². The monoisotopic (exact) mass is 324 g/mol. The molecule has 24 heavy (non-hydrogen) atoms. The lowest BCUT2D eigenvalue weighted by molar-refractivity contribution is -0.120. The molecule has 3 nitrogen and oxygen atoms in total. The smallest absolute Gasteiger partial charge is 0.227 e. The van der Waals surface area contributed by atoms with Gasteiger partial charge in [0.15, 0.2) is 0 Å². The van der Waals surface area contributed by atoms with Gasteiger partial charge >= 0.3 is 0 Å². The number of aromatic nitrogens is 1. The molecule has 0 spiro atoms. The van der Waals surface area contributed by atoms with Crippen LogP contribution in [0, 0.1) is 12.8 Å². The highest BCUT2D eigenvalue weighted by Crippen LogP contribution is 2.31. The van der Waals surface area contributed by atoms with Crippen molar-refractivity contribution in [1.82, 2.24) is 9.88 Å². The summed E-state index contributed by atoms with van der Waals surface area (Å²) in [6.07, 6.45) is 11.6. The van der Waals surface area contributed by atoms with Crippen molar-refractivity contribution in [2.45, 2.75) is 64.3 Å². The Morgan fingerprint density at radius 3 is 2.75 bits per heavy atom. The molecule has 3 heteroatoms. The number of hydrogen-bond acceptors (Lipinski definition) is 1. The van der Waals surface area contributed by atoms with E-state index in [0.717, 1.165) is 25.4 Å². The lowest BCUT2D eigenvalue weighted by Gasteiger charge is -2.21. The van der Waals surface area contributed by atoms with Crippen LogP contribution in [0.25, 0.3) is 10.9 Å². The van der Waals surface area contributed by atoms with Crippen LogP contribution in [0.2, 0.25) is 0 Å². The van der Waals surface area contributed by atoms with E-state index >= 15 is 0 Å². The lowest BCUT2D eigenvalue weighted by atomic mass is 9.87. The summed E-state index contributed by atoms with van der Waals surface area (Å²) >= 11 is 0. The molecule has 1 aromatic carbocycles. The average molecular weight is 324 g/mol. The van der Waals surface area contributed by atoms with E-state index in [1.165, 1.54) is 60.6 Å². The van der Waals surface area contributed by atoms with Gasteiger partial charge in [-0.1, -0.05) is 44.2 Å². The second-order valence-corrected chi connectivity index (χ2v) is 7.71. The van der Waals surface area contributed by atoms with E-state index in [4.69, 9.17) is 0 Å². The van der Waals surface area contributed by atoms with Gasteiger partial charge in [-0.2, -0.15) is 0 Å². The van der Waals surface area contributed by atoms with Crippen molar-refractivity contribution < 1.29 is 4.79 Å².